The van der Waals surface area contributed by atoms with Gasteiger partial charge < -0.3 is 19.7 Å². The van der Waals surface area contributed by atoms with Gasteiger partial charge in [-0.05, 0) is 7.05 Å². The molecule has 0 saturated carbocycles. The van der Waals surface area contributed by atoms with Crippen LogP contribution in [0.1, 0.15) is 13.8 Å². The van der Waals surface area contributed by atoms with Crippen molar-refractivity contribution in [3.05, 3.63) is 0 Å². The van der Waals surface area contributed by atoms with Gasteiger partial charge in [0.25, 0.3) is 0 Å². The summed E-state index contributed by atoms with van der Waals surface area (Å²) in [5.41, 5.74) is 0. The molecule has 0 aromatic carbocycles. The van der Waals surface area contributed by atoms with Crippen molar-refractivity contribution in [1.82, 2.24) is 5.32 Å². The Labute approximate surface area is 117 Å². The molecule has 0 radical (unpaired) electrons. The zero-order valence-corrected chi connectivity index (χ0v) is 12.6. The summed E-state index contributed by atoms with van der Waals surface area (Å²) in [7, 11) is -2.58. The van der Waals surface area contributed by atoms with Gasteiger partial charge in [0, 0.05) is 20.4 Å². The van der Waals surface area contributed by atoms with Crippen LogP contribution in [0.2, 0.25) is 0 Å². The van der Waals surface area contributed by atoms with E-state index < -0.39 is 32.5 Å². The standard InChI is InChI=1S/C10H20NO8P/c1-8(12)16-6-10(19-9(2)13)7-18-20(14,15)17-5-4-11-3/h10-11H,4-7H2,1-3H3,(H,14,15)/t10-/m1/s1. The zero-order chi connectivity index (χ0) is 15.6. The van der Waals surface area contributed by atoms with E-state index in [2.05, 4.69) is 19.1 Å². The van der Waals surface area contributed by atoms with Crippen LogP contribution in [-0.2, 0) is 32.7 Å². The van der Waals surface area contributed by atoms with E-state index in [0.29, 0.717) is 6.54 Å². The molecule has 0 bridgehead atoms. The van der Waals surface area contributed by atoms with Crippen LogP contribution in [0.4, 0.5) is 0 Å². The summed E-state index contributed by atoms with van der Waals surface area (Å²) in [5.74, 6) is -1.20. The lowest BCUT2D eigenvalue weighted by Crippen LogP contribution is -2.28. The van der Waals surface area contributed by atoms with Crippen LogP contribution < -0.4 is 5.32 Å². The minimum Gasteiger partial charge on any atom is -0.462 e. The van der Waals surface area contributed by atoms with Crippen LogP contribution in [0, 0.1) is 0 Å². The number of carbonyl (C=O) groups is 2. The summed E-state index contributed by atoms with van der Waals surface area (Å²) in [6.07, 6.45) is -0.982. The number of phosphoric acid groups is 1. The number of ether oxygens (including phenoxy) is 2. The average molecular weight is 313 g/mol. The van der Waals surface area contributed by atoms with Gasteiger partial charge in [-0.25, -0.2) is 4.57 Å². The Kier molecular flexibility index (Phi) is 9.35. The number of rotatable bonds is 10. The Hall–Kier alpha value is -0.990. The maximum absolute atomic E-state index is 11.5. The highest BCUT2D eigenvalue weighted by atomic mass is 31.2. The largest absolute Gasteiger partial charge is 0.472 e. The van der Waals surface area contributed by atoms with Crippen molar-refractivity contribution in [3.8, 4) is 0 Å². The normalized spacial score (nSPS) is 15.2. The molecule has 1 unspecified atom stereocenters. The molecule has 0 saturated heterocycles. The second-order valence-electron chi connectivity index (χ2n) is 3.74. The SMILES string of the molecule is CNCCOP(=O)(O)OC[C@@H](COC(C)=O)OC(C)=O. The molecule has 2 N–H and O–H groups in total. The van der Waals surface area contributed by atoms with Crippen molar-refractivity contribution in [2.45, 2.75) is 20.0 Å². The number of phosphoric ester groups is 1. The number of hydrogen-bond acceptors (Lipinski definition) is 8. The number of nitrogens with one attached hydrogen (secondary N) is 1. The summed E-state index contributed by atoms with van der Waals surface area (Å²) >= 11 is 0. The quantitative estimate of drug-likeness (QED) is 0.322. The summed E-state index contributed by atoms with van der Waals surface area (Å²) in [5, 5.41) is 2.72. The maximum Gasteiger partial charge on any atom is 0.472 e. The Morgan fingerprint density at radius 3 is 2.35 bits per heavy atom. The predicted molar refractivity (Wildman–Crippen MR) is 67.8 cm³/mol. The van der Waals surface area contributed by atoms with Gasteiger partial charge in [-0.2, -0.15) is 0 Å². The zero-order valence-electron chi connectivity index (χ0n) is 11.7. The first-order valence-electron chi connectivity index (χ1n) is 5.84. The molecule has 20 heavy (non-hydrogen) atoms. The van der Waals surface area contributed by atoms with Crippen LogP contribution in [0.5, 0.6) is 0 Å². The van der Waals surface area contributed by atoms with Gasteiger partial charge in [0.2, 0.25) is 0 Å². The first-order chi connectivity index (χ1) is 9.26. The van der Waals surface area contributed by atoms with Crippen LogP contribution in [0.25, 0.3) is 0 Å². The Morgan fingerprint density at radius 2 is 1.85 bits per heavy atom. The monoisotopic (exact) mass is 313 g/mol. The second kappa shape index (κ2) is 9.84. The second-order valence-corrected chi connectivity index (χ2v) is 5.19. The van der Waals surface area contributed by atoms with Crippen LogP contribution in [-0.4, -0.2) is 56.3 Å². The highest BCUT2D eigenvalue weighted by molar-refractivity contribution is 7.47. The summed E-state index contributed by atoms with van der Waals surface area (Å²) < 4.78 is 30.2. The molecule has 0 aliphatic rings. The number of esters is 2. The van der Waals surface area contributed by atoms with Crippen LogP contribution >= 0.6 is 7.82 Å². The fourth-order valence-corrected chi connectivity index (χ4v) is 1.79. The van der Waals surface area contributed by atoms with Gasteiger partial charge in [-0.15, -0.1) is 0 Å². The Bertz CT molecular complexity index is 361. The third-order valence-corrected chi connectivity index (χ3v) is 2.82. The van der Waals surface area contributed by atoms with E-state index >= 15 is 0 Å². The molecule has 10 heteroatoms. The lowest BCUT2D eigenvalue weighted by atomic mass is 10.4. The highest BCUT2D eigenvalue weighted by Crippen LogP contribution is 2.43. The van der Waals surface area contributed by atoms with Crippen molar-refractivity contribution in [3.63, 3.8) is 0 Å². The van der Waals surface area contributed by atoms with Crippen molar-refractivity contribution in [2.75, 3.05) is 33.4 Å². The molecular formula is C10H20NO8P. The molecule has 9 nitrogen and oxygen atoms in total. The van der Waals surface area contributed by atoms with E-state index in [4.69, 9.17) is 4.74 Å². The summed E-state index contributed by atoms with van der Waals surface area (Å²) in [4.78, 5) is 30.9. The molecule has 0 fully saturated rings. The molecule has 0 rings (SSSR count). The minimum atomic E-state index is -4.24. The van der Waals surface area contributed by atoms with Crippen molar-refractivity contribution < 1.29 is 37.6 Å². The summed E-state index contributed by atoms with van der Waals surface area (Å²) in [6, 6.07) is 0. The molecule has 0 aromatic heterocycles. The predicted octanol–water partition coefficient (Wildman–Crippen LogP) is -0.166. The Morgan fingerprint density at radius 1 is 1.20 bits per heavy atom. The van der Waals surface area contributed by atoms with E-state index in [9.17, 15) is 19.0 Å². The van der Waals surface area contributed by atoms with Gasteiger partial charge in [-0.3, -0.25) is 18.6 Å². The lowest BCUT2D eigenvalue weighted by Gasteiger charge is -2.18. The number of likely N-dealkylation sites (N-methyl/N-ethyl adjacent to an activating group) is 1. The van der Waals surface area contributed by atoms with E-state index in [-0.39, 0.29) is 13.2 Å². The third-order valence-electron chi connectivity index (χ3n) is 1.84. The molecule has 0 aromatic rings. The fourth-order valence-electron chi connectivity index (χ4n) is 1.04. The van der Waals surface area contributed by atoms with Crippen LogP contribution in [0.15, 0.2) is 0 Å². The van der Waals surface area contributed by atoms with Crippen molar-refractivity contribution in [1.29, 1.82) is 0 Å². The highest BCUT2D eigenvalue weighted by Gasteiger charge is 2.25. The van der Waals surface area contributed by atoms with Crippen LogP contribution in [0.3, 0.4) is 0 Å². The van der Waals surface area contributed by atoms with Gasteiger partial charge >= 0.3 is 19.8 Å². The van der Waals surface area contributed by atoms with Crippen molar-refractivity contribution >= 4 is 19.8 Å². The third kappa shape index (κ3) is 10.9. The van der Waals surface area contributed by atoms with E-state index in [1.165, 1.54) is 6.92 Å². The van der Waals surface area contributed by atoms with Gasteiger partial charge in [-0.1, -0.05) is 0 Å². The lowest BCUT2D eigenvalue weighted by molar-refractivity contribution is -0.158. The van der Waals surface area contributed by atoms with E-state index in [1.54, 1.807) is 7.05 Å². The molecule has 0 aliphatic carbocycles. The first kappa shape index (κ1) is 19.0. The Balaban J connectivity index is 4.24. The smallest absolute Gasteiger partial charge is 0.462 e. The first-order valence-corrected chi connectivity index (χ1v) is 7.33. The van der Waals surface area contributed by atoms with Crippen molar-refractivity contribution in [2.24, 2.45) is 0 Å². The summed E-state index contributed by atoms with van der Waals surface area (Å²) in [6.45, 7) is 1.99. The van der Waals surface area contributed by atoms with E-state index in [0.717, 1.165) is 6.92 Å². The minimum absolute atomic E-state index is 0.0214. The van der Waals surface area contributed by atoms with Gasteiger partial charge in [0.15, 0.2) is 6.10 Å². The molecule has 0 heterocycles. The number of hydrogen-bond donors (Lipinski definition) is 2. The average Bonchev–Trinajstić information content (AvgIpc) is 2.32. The maximum atomic E-state index is 11.5. The molecule has 2 atom stereocenters. The fraction of sp³-hybridized carbons (Fsp3) is 0.800. The van der Waals surface area contributed by atoms with Gasteiger partial charge in [0.1, 0.15) is 6.61 Å². The van der Waals surface area contributed by atoms with E-state index in [1.807, 2.05) is 0 Å². The molecule has 0 aliphatic heterocycles. The molecule has 0 amide bonds. The molecule has 0 spiro atoms. The number of carbonyl (C=O) groups excluding carboxylic acids is 2. The van der Waals surface area contributed by atoms with Gasteiger partial charge in [0.05, 0.1) is 13.2 Å². The molecular weight excluding hydrogens is 293 g/mol. The topological polar surface area (TPSA) is 120 Å². The molecule has 118 valence electrons.